The number of carbonyl (C=O) groups is 8. The van der Waals surface area contributed by atoms with E-state index < -0.39 is 164 Å². The quantitative estimate of drug-likeness (QED) is 0.0662. The Morgan fingerprint density at radius 1 is 0.986 bits per heavy atom. The minimum Gasteiger partial charge on any atom is -0.496 e. The first kappa shape index (κ1) is 57.2. The number of thioether (sulfide) groups is 1. The van der Waals surface area contributed by atoms with Crippen molar-refractivity contribution in [1.29, 1.82) is 0 Å². The molecule has 10 atom stereocenters. The fraction of sp³-hybridized carbons (Fsp3) is 0.628. The topological polar surface area (TPSA) is 408 Å². The Morgan fingerprint density at radius 2 is 1.70 bits per heavy atom. The Kier molecular flexibility index (Phi) is 22.3. The van der Waals surface area contributed by atoms with Gasteiger partial charge in [0.25, 0.3) is 0 Å². The van der Waals surface area contributed by atoms with E-state index in [9.17, 15) is 63.0 Å². The van der Waals surface area contributed by atoms with E-state index in [1.807, 2.05) is 0 Å². The van der Waals surface area contributed by atoms with Crippen LogP contribution in [-0.2, 0) is 61.3 Å². The molecular weight excluding hydrogens is 959 g/mol. The molecule has 4 rings (SSSR count). The van der Waals surface area contributed by atoms with Crippen molar-refractivity contribution in [2.24, 2.45) is 23.3 Å². The minimum absolute atomic E-state index is 0.0105. The third-order valence-corrected chi connectivity index (χ3v) is 14.8. The highest BCUT2D eigenvalue weighted by atomic mass is 32.2. The molecule has 0 radical (unpaired) electrons. The number of fused-ring (bicyclic) bond motifs is 3. The van der Waals surface area contributed by atoms with E-state index in [4.69, 9.17) is 16.2 Å². The van der Waals surface area contributed by atoms with Crippen LogP contribution in [0.2, 0.25) is 0 Å². The van der Waals surface area contributed by atoms with Crippen molar-refractivity contribution in [3.05, 3.63) is 23.3 Å². The maximum Gasteiger partial charge on any atom is 0.244 e. The fourth-order valence-electron chi connectivity index (χ4n) is 7.59. The number of primary amides is 1. The van der Waals surface area contributed by atoms with Gasteiger partial charge in [-0.15, -0.1) is 0 Å². The van der Waals surface area contributed by atoms with E-state index in [0.29, 0.717) is 34.4 Å². The summed E-state index contributed by atoms with van der Waals surface area (Å²) in [6, 6.07) is -3.95. The van der Waals surface area contributed by atoms with E-state index in [2.05, 4.69) is 47.5 Å². The van der Waals surface area contributed by atoms with Gasteiger partial charge in [0.1, 0.15) is 34.9 Å². The predicted molar refractivity (Wildman–Crippen MR) is 256 cm³/mol. The number of hydrogen-bond donors (Lipinski definition) is 15. The summed E-state index contributed by atoms with van der Waals surface area (Å²) in [7, 11) is -0.841. The molecule has 3 heterocycles. The first-order valence-corrected chi connectivity index (χ1v) is 25.1. The number of hydrogen-bond acceptors (Lipinski definition) is 17. The van der Waals surface area contributed by atoms with Gasteiger partial charge in [0.2, 0.25) is 47.3 Å². The SMILES string of the molecule is CC[C@H](C)[C@H](NC(=O)CN)C(=O)NCC(=O)N[C@H]1CS(=O)c2[nH]c3c(CSC4CNC4)c(OC)ccc3c2C[C@@H](CO)NC(=O)[C@H]([C@@H](C)[C@@H](O)CO)NC(=O)C[C@@H](O)CNC(=O)[C@H](CC(N)=O)NC1=O. The summed E-state index contributed by atoms with van der Waals surface area (Å²) in [5.74, 6) is -8.76. The van der Waals surface area contributed by atoms with Crippen LogP contribution in [0.4, 0.5) is 0 Å². The summed E-state index contributed by atoms with van der Waals surface area (Å²) < 4.78 is 20.7. The average Bonchev–Trinajstić information content (AvgIpc) is 3.68. The summed E-state index contributed by atoms with van der Waals surface area (Å²) in [5.41, 5.74) is 12.3. The second-order valence-electron chi connectivity index (χ2n) is 17.3. The number of methoxy groups -OCH3 is 1. The van der Waals surface area contributed by atoms with E-state index in [1.54, 1.807) is 37.7 Å². The summed E-state index contributed by atoms with van der Waals surface area (Å²) in [6.07, 6.45) is -4.42. The molecule has 1 unspecified atom stereocenters. The normalized spacial score (nSPS) is 23.9. The predicted octanol–water partition coefficient (Wildman–Crippen LogP) is -5.69. The molecule has 1 aromatic carbocycles. The number of rotatable bonds is 18. The highest BCUT2D eigenvalue weighted by Crippen LogP contribution is 2.37. The minimum atomic E-state index is -2.32. The Labute approximate surface area is 410 Å². The second-order valence-corrected chi connectivity index (χ2v) is 20.0. The molecule has 1 fully saturated rings. The molecule has 2 aromatic rings. The molecule has 0 aliphatic carbocycles. The zero-order valence-corrected chi connectivity index (χ0v) is 41.1. The van der Waals surface area contributed by atoms with Gasteiger partial charge in [0.15, 0.2) is 0 Å². The maximum absolute atomic E-state index is 14.9. The number of β-amino-alcohol motifs (C(OH)–C–C–N with tert-alkyl or cyclic N) is 1. The summed E-state index contributed by atoms with van der Waals surface area (Å²) in [5, 5.41) is 63.0. The average molecular weight is 1030 g/mol. The van der Waals surface area contributed by atoms with E-state index in [0.717, 1.165) is 13.1 Å². The molecule has 2 aliphatic rings. The van der Waals surface area contributed by atoms with Gasteiger partial charge in [0.05, 0.1) is 86.6 Å². The number of nitrogens with one attached hydrogen (secondary N) is 9. The van der Waals surface area contributed by atoms with Crippen LogP contribution in [0.3, 0.4) is 0 Å². The van der Waals surface area contributed by atoms with Crippen molar-refractivity contribution >= 4 is 80.7 Å². The Bertz CT molecular complexity index is 2230. The number of aromatic amines is 1. The van der Waals surface area contributed by atoms with Gasteiger partial charge in [-0.2, -0.15) is 11.8 Å². The number of aliphatic hydroxyl groups is 4. The van der Waals surface area contributed by atoms with Gasteiger partial charge >= 0.3 is 0 Å². The number of aliphatic hydroxyl groups excluding tert-OH is 4. The number of ether oxygens (including phenoxy) is 1. The van der Waals surface area contributed by atoms with Crippen LogP contribution < -0.4 is 58.7 Å². The van der Waals surface area contributed by atoms with Gasteiger partial charge in [0, 0.05) is 47.5 Å². The molecule has 25 nitrogen and oxygen atoms in total. The van der Waals surface area contributed by atoms with Gasteiger partial charge in [-0.25, -0.2) is 0 Å². The zero-order valence-electron chi connectivity index (χ0n) is 39.5. The Hall–Kier alpha value is -5.42. The molecule has 0 spiro atoms. The highest BCUT2D eigenvalue weighted by molar-refractivity contribution is 7.99. The van der Waals surface area contributed by atoms with Crippen LogP contribution >= 0.6 is 11.8 Å². The molecule has 0 bridgehead atoms. The molecule has 70 heavy (non-hydrogen) atoms. The lowest BCUT2D eigenvalue weighted by atomic mass is 9.94. The van der Waals surface area contributed by atoms with Crippen LogP contribution in [0, 0.1) is 11.8 Å². The number of aromatic nitrogens is 1. The second kappa shape index (κ2) is 27.3. The van der Waals surface area contributed by atoms with Crippen LogP contribution in [0.5, 0.6) is 5.75 Å². The van der Waals surface area contributed by atoms with E-state index in [-0.39, 0.29) is 22.3 Å². The smallest absolute Gasteiger partial charge is 0.244 e. The maximum atomic E-state index is 14.9. The van der Waals surface area contributed by atoms with Crippen LogP contribution in [-0.4, -0.2) is 183 Å². The van der Waals surface area contributed by atoms with Gasteiger partial charge in [-0.1, -0.05) is 27.2 Å². The Balaban J connectivity index is 1.85. The van der Waals surface area contributed by atoms with E-state index in [1.165, 1.54) is 14.0 Å². The standard InChI is InChI=1S/C43H67N11O14S2/c1-5-20(2)36(53-34(61)11-44)41(65)48-15-35(62)50-29-19-70(67)43-26(25-6-7-31(68-4)27(38(25)54-43)18-69-24-13-46-14-24)8-22(16-55)49-42(66)37(21(3)30(58)17-56)52-33(60)9-23(57)12-47-39(63)28(10-32(45)59)51-40(29)64/h6-7,20-24,28-30,36-37,46,54-58H,5,8-19,44H2,1-4H3,(H2,45,59)(H,47,63)(H,48,65)(H,49,66)(H,50,62)(H,51,64)(H,52,60)(H,53,61)/t20-,21-,22-,23+,28-,29-,30-,36-,37-,70?/m0/s1. The van der Waals surface area contributed by atoms with Crippen LogP contribution in [0.1, 0.15) is 51.2 Å². The summed E-state index contributed by atoms with van der Waals surface area (Å²) in [6.45, 7) is 3.10. The fourth-order valence-corrected chi connectivity index (χ4v) is 10.1. The van der Waals surface area contributed by atoms with Gasteiger partial charge in [-0.3, -0.25) is 42.6 Å². The highest BCUT2D eigenvalue weighted by Gasteiger charge is 2.36. The molecule has 17 N–H and O–H groups in total. The number of benzene rings is 1. The third kappa shape index (κ3) is 15.8. The van der Waals surface area contributed by atoms with Gasteiger partial charge in [-0.05, 0) is 30.0 Å². The first-order valence-electron chi connectivity index (χ1n) is 22.8. The molecule has 390 valence electrons. The largest absolute Gasteiger partial charge is 0.496 e. The number of H-pyrrole nitrogens is 1. The van der Waals surface area contributed by atoms with Crippen LogP contribution in [0.25, 0.3) is 10.9 Å². The monoisotopic (exact) mass is 1030 g/mol. The molecule has 8 amide bonds. The molecule has 1 aromatic heterocycles. The summed E-state index contributed by atoms with van der Waals surface area (Å²) in [4.78, 5) is 110. The zero-order chi connectivity index (χ0) is 51.8. The molecule has 0 saturated carbocycles. The molecule has 1 saturated heterocycles. The lowest BCUT2D eigenvalue weighted by Crippen LogP contribution is -2.58. The lowest BCUT2D eigenvalue weighted by molar-refractivity contribution is -0.134. The summed E-state index contributed by atoms with van der Waals surface area (Å²) >= 11 is 1.64. The number of carbonyl (C=O) groups excluding carboxylic acids is 8. The lowest BCUT2D eigenvalue weighted by Gasteiger charge is -2.29. The van der Waals surface area contributed by atoms with Crippen molar-refractivity contribution in [1.82, 2.24) is 47.5 Å². The number of nitrogens with two attached hydrogens (primary N) is 2. The molecule has 27 heteroatoms. The Morgan fingerprint density at radius 3 is 2.30 bits per heavy atom. The van der Waals surface area contributed by atoms with Crippen molar-refractivity contribution in [3.8, 4) is 5.75 Å². The van der Waals surface area contributed by atoms with Crippen molar-refractivity contribution in [2.75, 3.05) is 58.8 Å². The van der Waals surface area contributed by atoms with Crippen LogP contribution in [0.15, 0.2) is 17.2 Å². The van der Waals surface area contributed by atoms with Crippen molar-refractivity contribution in [3.63, 3.8) is 0 Å². The third-order valence-electron chi connectivity index (χ3n) is 12.1. The van der Waals surface area contributed by atoms with Crippen molar-refractivity contribution < 1.29 is 67.7 Å². The molecule has 2 aliphatic heterocycles. The first-order chi connectivity index (χ1) is 33.2. The van der Waals surface area contributed by atoms with Crippen molar-refractivity contribution in [2.45, 2.75) is 105 Å². The molecular formula is C43H67N11O14S2. The van der Waals surface area contributed by atoms with E-state index >= 15 is 0 Å². The number of amides is 8. The van der Waals surface area contributed by atoms with Gasteiger partial charge < -0.3 is 84.1 Å².